The van der Waals surface area contributed by atoms with Gasteiger partial charge in [-0.05, 0) is 48.6 Å². The van der Waals surface area contributed by atoms with Gasteiger partial charge in [-0.3, -0.25) is 10.2 Å². The number of hydrazone groups is 1. The average Bonchev–Trinajstić information content (AvgIpc) is 2.89. The molecule has 2 aromatic carbocycles. The second kappa shape index (κ2) is 6.52. The summed E-state index contributed by atoms with van der Waals surface area (Å²) in [6, 6.07) is 11.3. The summed E-state index contributed by atoms with van der Waals surface area (Å²) in [5.41, 5.74) is 3.24. The van der Waals surface area contributed by atoms with Gasteiger partial charge in [-0.15, -0.1) is 0 Å². The van der Waals surface area contributed by atoms with Crippen molar-refractivity contribution in [3.8, 4) is 0 Å². The van der Waals surface area contributed by atoms with E-state index in [2.05, 4.69) is 21.2 Å². The Balaban J connectivity index is 1.61. The first kappa shape index (κ1) is 16.9. The number of anilines is 2. The molecule has 2 aromatic rings. The summed E-state index contributed by atoms with van der Waals surface area (Å²) in [4.78, 5) is 12.1. The van der Waals surface area contributed by atoms with Crippen molar-refractivity contribution >= 4 is 40.3 Å². The third kappa shape index (κ3) is 3.77. The Morgan fingerprint density at radius 2 is 1.76 bits per heavy atom. The molecule has 0 spiro atoms. The number of benzene rings is 2. The number of hydrogen-bond donors (Lipinski definition) is 3. The number of thiocarbonyl (C=S) groups is 1. The molecular formula is C16H11F3N4OS. The van der Waals surface area contributed by atoms with Gasteiger partial charge in [-0.1, -0.05) is 12.1 Å². The Bertz CT molecular complexity index is 862. The van der Waals surface area contributed by atoms with E-state index in [1.54, 1.807) is 24.3 Å². The van der Waals surface area contributed by atoms with Crippen molar-refractivity contribution in [3.63, 3.8) is 0 Å². The molecule has 0 aromatic heterocycles. The number of para-hydroxylation sites is 1. The number of Topliss-reactive ketones (excluding diaryl/α,β-unsaturated/α-hetero) is 1. The van der Waals surface area contributed by atoms with Crippen molar-refractivity contribution in [2.45, 2.75) is 6.18 Å². The Kier molecular flexibility index (Phi) is 4.41. The van der Waals surface area contributed by atoms with Crippen molar-refractivity contribution in [2.75, 3.05) is 10.6 Å². The van der Waals surface area contributed by atoms with Gasteiger partial charge in [-0.25, -0.2) is 0 Å². The molecule has 9 heteroatoms. The number of fused-ring (bicyclic) bond motifs is 1. The highest BCUT2D eigenvalue weighted by Crippen LogP contribution is 2.29. The average molecular weight is 364 g/mol. The highest BCUT2D eigenvalue weighted by Gasteiger charge is 2.30. The number of nitrogens with zero attached hydrogens (tertiary/aromatic N) is 1. The standard InChI is InChI=1S/C16H11F3N4OS/c17-16(18,19)9-5-7-10(8-6-9)20-15(25)23-22-14-13(24)11-3-1-2-4-12(11)21-14/h1-8H,(H2,20,23,25)(H,21,22,24). The van der Waals surface area contributed by atoms with Crippen LogP contribution >= 0.6 is 12.2 Å². The zero-order valence-electron chi connectivity index (χ0n) is 12.5. The summed E-state index contributed by atoms with van der Waals surface area (Å²) < 4.78 is 37.5. The number of halogens is 3. The van der Waals surface area contributed by atoms with E-state index in [1.165, 1.54) is 12.1 Å². The Labute approximate surface area is 145 Å². The van der Waals surface area contributed by atoms with E-state index in [4.69, 9.17) is 12.2 Å². The third-order valence-electron chi connectivity index (χ3n) is 3.38. The van der Waals surface area contributed by atoms with Crippen LogP contribution in [0.25, 0.3) is 0 Å². The van der Waals surface area contributed by atoms with Crippen LogP contribution in [0.2, 0.25) is 0 Å². The number of alkyl halides is 3. The monoisotopic (exact) mass is 364 g/mol. The minimum atomic E-state index is -4.40. The van der Waals surface area contributed by atoms with Crippen LogP contribution in [0, 0.1) is 0 Å². The zero-order valence-corrected chi connectivity index (χ0v) is 13.3. The molecule has 0 radical (unpaired) electrons. The fourth-order valence-corrected chi connectivity index (χ4v) is 2.35. The number of nitrogens with one attached hydrogen (secondary N) is 3. The number of rotatable bonds is 2. The molecule has 3 N–H and O–H groups in total. The molecule has 25 heavy (non-hydrogen) atoms. The van der Waals surface area contributed by atoms with Gasteiger partial charge in [0.05, 0.1) is 11.3 Å². The Morgan fingerprint density at radius 1 is 1.08 bits per heavy atom. The molecule has 1 aliphatic heterocycles. The SMILES string of the molecule is O=C1C(=NNC(=S)Nc2ccc(C(F)(F)F)cc2)Nc2ccccc21. The smallest absolute Gasteiger partial charge is 0.335 e. The second-order valence-electron chi connectivity index (χ2n) is 5.10. The molecule has 0 atom stereocenters. The van der Waals surface area contributed by atoms with Gasteiger partial charge in [-0.2, -0.15) is 18.3 Å². The molecule has 1 heterocycles. The predicted octanol–water partition coefficient (Wildman–Crippen LogP) is 3.61. The van der Waals surface area contributed by atoms with E-state index in [1.807, 2.05) is 0 Å². The van der Waals surface area contributed by atoms with Gasteiger partial charge in [0.1, 0.15) is 0 Å². The number of ketones is 1. The summed E-state index contributed by atoms with van der Waals surface area (Å²) in [6.45, 7) is 0. The first-order valence-corrected chi connectivity index (χ1v) is 7.48. The predicted molar refractivity (Wildman–Crippen MR) is 92.6 cm³/mol. The lowest BCUT2D eigenvalue weighted by Gasteiger charge is -2.10. The number of carbonyl (C=O) groups excluding carboxylic acids is 1. The zero-order chi connectivity index (χ0) is 18.0. The first-order chi connectivity index (χ1) is 11.8. The molecule has 3 rings (SSSR count). The van der Waals surface area contributed by atoms with Crippen molar-refractivity contribution in [2.24, 2.45) is 5.10 Å². The minimum Gasteiger partial charge on any atom is -0.335 e. The van der Waals surface area contributed by atoms with E-state index in [0.717, 1.165) is 12.1 Å². The highest BCUT2D eigenvalue weighted by atomic mass is 32.1. The van der Waals surface area contributed by atoms with Crippen LogP contribution in [-0.4, -0.2) is 16.7 Å². The fourth-order valence-electron chi connectivity index (χ4n) is 2.19. The molecule has 1 aliphatic rings. The third-order valence-corrected chi connectivity index (χ3v) is 3.57. The van der Waals surface area contributed by atoms with Crippen LogP contribution < -0.4 is 16.1 Å². The molecule has 0 unspecified atom stereocenters. The molecular weight excluding hydrogens is 353 g/mol. The van der Waals surface area contributed by atoms with Crippen molar-refractivity contribution in [1.82, 2.24) is 5.43 Å². The number of carbonyl (C=O) groups is 1. The summed E-state index contributed by atoms with van der Waals surface area (Å²) in [7, 11) is 0. The van der Waals surface area contributed by atoms with Gasteiger partial charge < -0.3 is 10.6 Å². The summed E-state index contributed by atoms with van der Waals surface area (Å²) >= 11 is 5.01. The Hall–Kier alpha value is -2.94. The minimum absolute atomic E-state index is 0.0396. The first-order valence-electron chi connectivity index (χ1n) is 7.07. The van der Waals surface area contributed by atoms with Crippen molar-refractivity contribution < 1.29 is 18.0 Å². The van der Waals surface area contributed by atoms with Gasteiger partial charge in [0.15, 0.2) is 10.9 Å². The largest absolute Gasteiger partial charge is 0.416 e. The topological polar surface area (TPSA) is 65.5 Å². The van der Waals surface area contributed by atoms with E-state index >= 15 is 0 Å². The van der Waals surface area contributed by atoms with Crippen LogP contribution in [0.1, 0.15) is 15.9 Å². The summed E-state index contributed by atoms with van der Waals surface area (Å²) in [6.07, 6.45) is -4.40. The maximum absolute atomic E-state index is 12.5. The van der Waals surface area contributed by atoms with E-state index in [-0.39, 0.29) is 16.7 Å². The van der Waals surface area contributed by atoms with Crippen molar-refractivity contribution in [3.05, 3.63) is 59.7 Å². The highest BCUT2D eigenvalue weighted by molar-refractivity contribution is 7.80. The quantitative estimate of drug-likeness (QED) is 0.561. The molecule has 0 amide bonds. The van der Waals surface area contributed by atoms with Gasteiger partial charge in [0, 0.05) is 11.3 Å². The van der Waals surface area contributed by atoms with Gasteiger partial charge >= 0.3 is 6.18 Å². The van der Waals surface area contributed by atoms with E-state index in [0.29, 0.717) is 16.9 Å². The van der Waals surface area contributed by atoms with E-state index in [9.17, 15) is 18.0 Å². The fraction of sp³-hybridized carbons (Fsp3) is 0.0625. The maximum atomic E-state index is 12.5. The maximum Gasteiger partial charge on any atom is 0.416 e. The molecule has 0 aliphatic carbocycles. The Morgan fingerprint density at radius 3 is 2.40 bits per heavy atom. The molecule has 0 bridgehead atoms. The number of amidine groups is 1. The molecule has 128 valence electrons. The van der Waals surface area contributed by atoms with E-state index < -0.39 is 11.7 Å². The molecule has 0 saturated heterocycles. The van der Waals surface area contributed by atoms with Crippen LogP contribution in [0.5, 0.6) is 0 Å². The lowest BCUT2D eigenvalue weighted by Crippen LogP contribution is -2.27. The lowest BCUT2D eigenvalue weighted by molar-refractivity contribution is -0.137. The van der Waals surface area contributed by atoms with Crippen LogP contribution in [-0.2, 0) is 6.18 Å². The summed E-state index contributed by atoms with van der Waals surface area (Å²) in [5, 5.41) is 9.47. The number of hydrogen-bond acceptors (Lipinski definition) is 3. The summed E-state index contributed by atoms with van der Waals surface area (Å²) in [5.74, 6) is -0.196. The molecule has 5 nitrogen and oxygen atoms in total. The van der Waals surface area contributed by atoms with Gasteiger partial charge in [0.2, 0.25) is 5.78 Å². The van der Waals surface area contributed by atoms with Crippen LogP contribution in [0.3, 0.4) is 0 Å². The van der Waals surface area contributed by atoms with Gasteiger partial charge in [0.25, 0.3) is 0 Å². The molecule has 0 fully saturated rings. The lowest BCUT2D eigenvalue weighted by atomic mass is 10.1. The second-order valence-corrected chi connectivity index (χ2v) is 5.51. The molecule has 0 saturated carbocycles. The van der Waals surface area contributed by atoms with Crippen LogP contribution in [0.15, 0.2) is 53.6 Å². The van der Waals surface area contributed by atoms with Crippen molar-refractivity contribution in [1.29, 1.82) is 0 Å². The van der Waals surface area contributed by atoms with Crippen LogP contribution in [0.4, 0.5) is 24.5 Å². The normalized spacial score (nSPS) is 14.8.